The van der Waals surface area contributed by atoms with E-state index in [0.29, 0.717) is 23.7 Å². The first-order valence-electron chi connectivity index (χ1n) is 17.5. The van der Waals surface area contributed by atoms with Crippen LogP contribution in [0.25, 0.3) is 50.3 Å². The van der Waals surface area contributed by atoms with Crippen molar-refractivity contribution in [2.45, 2.75) is 79.1 Å². The number of imidazole rings is 3. The summed E-state index contributed by atoms with van der Waals surface area (Å²) in [5, 5.41) is 0. The first-order chi connectivity index (χ1) is 23.7. The third-order valence-corrected chi connectivity index (χ3v) is 9.48. The average molecular weight is 843 g/mol. The predicted octanol–water partition coefficient (Wildman–Crippen LogP) is 10.2. The van der Waals surface area contributed by atoms with Gasteiger partial charge >= 0.3 is 0 Å². The molecule has 0 N–H and O–H groups in total. The van der Waals surface area contributed by atoms with Crippen LogP contribution < -0.4 is 9.55 Å². The summed E-state index contributed by atoms with van der Waals surface area (Å²) >= 11 is 0. The van der Waals surface area contributed by atoms with E-state index in [9.17, 15) is 0 Å². The van der Waals surface area contributed by atoms with Gasteiger partial charge in [-0.2, -0.15) is 0 Å². The van der Waals surface area contributed by atoms with Gasteiger partial charge in [0.1, 0.15) is 0 Å². The Morgan fingerprint density at radius 1 is 0.620 bits per heavy atom. The molecule has 0 saturated heterocycles. The average Bonchev–Trinajstić information content (AvgIpc) is 3.77. The third-order valence-electron chi connectivity index (χ3n) is 9.48. The van der Waals surface area contributed by atoms with Crippen LogP contribution in [0.4, 0.5) is 0 Å². The van der Waals surface area contributed by atoms with Gasteiger partial charge in [0.05, 0.1) is 22.4 Å². The number of hydrogen-bond acceptors (Lipinski definition) is 2. The van der Waals surface area contributed by atoms with E-state index in [-0.39, 0.29) is 22.4 Å². The Balaban J connectivity index is 0.000000210. The fourth-order valence-electron chi connectivity index (χ4n) is 7.01. The molecule has 0 bridgehead atoms. The molecule has 8 rings (SSSR count). The van der Waals surface area contributed by atoms with Gasteiger partial charge < -0.3 is 14.4 Å². The van der Waals surface area contributed by atoms with Crippen molar-refractivity contribution in [1.82, 2.24) is 23.9 Å². The van der Waals surface area contributed by atoms with Crippen molar-refractivity contribution in [1.29, 1.82) is 0 Å². The molecule has 0 aliphatic rings. The van der Waals surface area contributed by atoms with Gasteiger partial charge in [0.15, 0.2) is 0 Å². The minimum atomic E-state index is 0. The van der Waals surface area contributed by atoms with Crippen molar-refractivity contribution >= 4 is 38.9 Å². The van der Waals surface area contributed by atoms with Gasteiger partial charge in [0.2, 0.25) is 0 Å². The number of pyridine rings is 1. The van der Waals surface area contributed by atoms with Gasteiger partial charge in [-0.1, -0.05) is 140 Å². The molecular weight excluding hydrogens is 797 g/mol. The van der Waals surface area contributed by atoms with Gasteiger partial charge in [-0.15, -0.1) is 0 Å². The fourth-order valence-corrected chi connectivity index (χ4v) is 7.01. The third kappa shape index (κ3) is 6.21. The van der Waals surface area contributed by atoms with E-state index in [0.717, 1.165) is 38.9 Å². The van der Waals surface area contributed by atoms with Gasteiger partial charge in [-0.3, -0.25) is 14.1 Å². The number of nitrogens with zero attached hydrogens (tertiary/aromatic N) is 6. The summed E-state index contributed by atoms with van der Waals surface area (Å²) < 4.78 is 6.64. The van der Waals surface area contributed by atoms with Crippen molar-refractivity contribution in [3.63, 3.8) is 0 Å². The normalized spacial score (nSPS) is 11.8. The topological polar surface area (TPSA) is 53.1 Å². The molecule has 1 radical (unpaired) electrons. The second-order valence-corrected chi connectivity index (χ2v) is 14.2. The van der Waals surface area contributed by atoms with E-state index >= 15 is 0 Å². The molecule has 259 valence electrons. The molecule has 4 heterocycles. The maximum atomic E-state index is 4.52. The summed E-state index contributed by atoms with van der Waals surface area (Å²) in [7, 11) is 0. The molecule has 0 atom stereocenters. The minimum Gasteiger partial charge on any atom is -0.366 e. The number of aromatic nitrogens is 6. The van der Waals surface area contributed by atoms with Crippen molar-refractivity contribution in [3.8, 4) is 11.4 Å². The van der Waals surface area contributed by atoms with Crippen LogP contribution >= 0.6 is 0 Å². The van der Waals surface area contributed by atoms with Crippen molar-refractivity contribution in [2.75, 3.05) is 0 Å². The zero-order valence-corrected chi connectivity index (χ0v) is 32.3. The van der Waals surface area contributed by atoms with E-state index in [1.807, 2.05) is 48.8 Å². The minimum absolute atomic E-state index is 0. The fraction of sp³-hybridized carbons (Fsp3) is 0.279. The standard InChI is InChI=1S/C30H37N3.C13H8N3.Au/c1-19(2)23-11-9-12-24(20(3)4)29(23)32-18-33(28-17-31-16-15-27(28)32)30-25(21(5)6)13-10-14-26(30)22(7)8;1-3-7-11-9(5-1)14-13-15-10-6-2-4-8-12(10)16(11)13;/h9-17,19-22H,1-8H3;1-8H;/q;-1;. The Morgan fingerprint density at radius 2 is 1.18 bits per heavy atom. The summed E-state index contributed by atoms with van der Waals surface area (Å²) in [5.74, 6) is 2.41. The first kappa shape index (κ1) is 35.3. The molecule has 4 aromatic carbocycles. The molecule has 6 nitrogen and oxygen atoms in total. The van der Waals surface area contributed by atoms with Crippen LogP contribution in [0.15, 0.2) is 103 Å². The van der Waals surface area contributed by atoms with E-state index in [2.05, 4.69) is 145 Å². The number of hydrogen-bond donors (Lipinski definition) is 0. The van der Waals surface area contributed by atoms with Crippen LogP contribution in [0.5, 0.6) is 0 Å². The van der Waals surface area contributed by atoms with Crippen LogP contribution in [-0.2, 0) is 22.4 Å². The largest absolute Gasteiger partial charge is 0.366 e. The zero-order valence-electron chi connectivity index (χ0n) is 30.1. The second kappa shape index (κ2) is 14.4. The zero-order chi connectivity index (χ0) is 34.4. The van der Waals surface area contributed by atoms with E-state index in [1.165, 1.54) is 33.6 Å². The molecule has 4 aromatic heterocycles. The number of benzene rings is 4. The van der Waals surface area contributed by atoms with Crippen LogP contribution in [0.1, 0.15) is 101 Å². The van der Waals surface area contributed by atoms with Crippen LogP contribution in [0.2, 0.25) is 0 Å². The van der Waals surface area contributed by atoms with Gasteiger partial charge in [-0.25, -0.2) is 0 Å². The smallest absolute Gasteiger partial charge is 0.269 e. The van der Waals surface area contributed by atoms with Crippen molar-refractivity contribution in [2.24, 2.45) is 0 Å². The maximum absolute atomic E-state index is 4.52. The summed E-state index contributed by atoms with van der Waals surface area (Å²) in [6, 6.07) is 31.8. The van der Waals surface area contributed by atoms with Crippen molar-refractivity contribution < 1.29 is 26.9 Å². The molecule has 7 heteroatoms. The van der Waals surface area contributed by atoms with E-state index < -0.39 is 0 Å². The van der Waals surface area contributed by atoms with E-state index in [4.69, 9.17) is 0 Å². The summed E-state index contributed by atoms with van der Waals surface area (Å²) in [6.07, 6.45) is 7.67. The molecule has 0 aliphatic carbocycles. The van der Waals surface area contributed by atoms with Crippen LogP contribution in [-0.4, -0.2) is 18.9 Å². The quantitative estimate of drug-likeness (QED) is 0.0952. The Morgan fingerprint density at radius 3 is 1.80 bits per heavy atom. The Hall–Kier alpha value is -4.49. The molecule has 0 unspecified atom stereocenters. The number of fused-ring (bicyclic) bond motifs is 6. The van der Waals surface area contributed by atoms with Gasteiger partial charge in [0.25, 0.3) is 6.33 Å². The van der Waals surface area contributed by atoms with Crippen molar-refractivity contribution in [3.05, 3.63) is 132 Å². The molecular formula is C43H45AuN6-. The molecule has 8 aromatic rings. The summed E-state index contributed by atoms with van der Waals surface area (Å²) in [4.78, 5) is 13.5. The number of rotatable bonds is 6. The molecule has 50 heavy (non-hydrogen) atoms. The van der Waals surface area contributed by atoms with E-state index in [1.54, 1.807) is 0 Å². The van der Waals surface area contributed by atoms with Gasteiger partial charge in [-0.05, 0) is 52.0 Å². The molecule has 0 spiro atoms. The Kier molecular flexibility index (Phi) is 10.2. The molecule has 0 saturated carbocycles. The Labute approximate surface area is 310 Å². The number of para-hydroxylation sites is 6. The Bertz CT molecular complexity index is 2210. The van der Waals surface area contributed by atoms with Gasteiger partial charge in [0, 0.05) is 62.6 Å². The summed E-state index contributed by atoms with van der Waals surface area (Å²) in [5.41, 5.74) is 14.3. The second-order valence-electron chi connectivity index (χ2n) is 14.2. The molecule has 0 amide bonds. The summed E-state index contributed by atoms with van der Waals surface area (Å²) in [6.45, 7) is 18.2. The monoisotopic (exact) mass is 842 g/mol. The first-order valence-corrected chi connectivity index (χ1v) is 17.5. The molecule has 0 fully saturated rings. The maximum Gasteiger partial charge on any atom is 0.269 e. The van der Waals surface area contributed by atoms with Crippen LogP contribution in [0, 0.1) is 6.33 Å². The van der Waals surface area contributed by atoms with Crippen LogP contribution in [0.3, 0.4) is 0 Å². The molecule has 0 aliphatic heterocycles. The predicted molar refractivity (Wildman–Crippen MR) is 201 cm³/mol. The SMILES string of the molecule is CC(C)c1cccc(C(C)C)c1-n1[c-][n+](-c2c(C(C)C)cccc2C(C)C)c2cnccc21.[Au].c1ccc2c(c1)nc1[n-]c3ccccc3n12.